The molecule has 0 spiro atoms. The van der Waals surface area contributed by atoms with E-state index in [1.54, 1.807) is 0 Å². The van der Waals surface area contributed by atoms with Crippen molar-refractivity contribution >= 4 is 11.6 Å². The summed E-state index contributed by atoms with van der Waals surface area (Å²) >= 11 is 0. The molecular weight excluding hydrogens is 310 g/mol. The zero-order valence-electron chi connectivity index (χ0n) is 13.1. The van der Waals surface area contributed by atoms with Gasteiger partial charge in [-0.2, -0.15) is 5.10 Å². The second kappa shape index (κ2) is 7.34. The molecule has 0 unspecified atom stereocenters. The second-order valence-electron chi connectivity index (χ2n) is 5.93. The number of nitrogens with zero attached hydrogens (tertiary/aromatic N) is 1. The first-order valence-corrected chi connectivity index (χ1v) is 7.99. The van der Waals surface area contributed by atoms with Crippen molar-refractivity contribution in [1.29, 1.82) is 0 Å². The van der Waals surface area contributed by atoms with E-state index in [2.05, 4.69) is 22.7 Å². The van der Waals surface area contributed by atoms with Crippen LogP contribution in [-0.4, -0.2) is 11.6 Å². The molecule has 124 valence electrons. The fourth-order valence-electron chi connectivity index (χ4n) is 2.98. The van der Waals surface area contributed by atoms with Gasteiger partial charge in [-0.3, -0.25) is 4.79 Å². The van der Waals surface area contributed by atoms with Crippen LogP contribution in [0.15, 0.2) is 53.6 Å². The Hall–Kier alpha value is -2.56. The van der Waals surface area contributed by atoms with E-state index in [1.165, 1.54) is 5.56 Å². The van der Waals surface area contributed by atoms with Crippen LogP contribution >= 0.6 is 0 Å². The summed E-state index contributed by atoms with van der Waals surface area (Å²) in [5.74, 6) is -1.65. The van der Waals surface area contributed by atoms with Gasteiger partial charge in [0.1, 0.15) is 11.6 Å². The Morgan fingerprint density at radius 1 is 1.04 bits per heavy atom. The second-order valence-corrected chi connectivity index (χ2v) is 5.93. The van der Waals surface area contributed by atoms with Crippen molar-refractivity contribution in [2.24, 2.45) is 5.10 Å². The quantitative estimate of drug-likeness (QED) is 0.833. The molecule has 5 heteroatoms. The van der Waals surface area contributed by atoms with Gasteiger partial charge in [-0.25, -0.2) is 14.2 Å². The average molecular weight is 328 g/mol. The molecule has 1 N–H and O–H groups in total. The van der Waals surface area contributed by atoms with Crippen molar-refractivity contribution in [1.82, 2.24) is 5.43 Å². The molecule has 0 saturated heterocycles. The monoisotopic (exact) mass is 328 g/mol. The maximum atomic E-state index is 13.5. The maximum absolute atomic E-state index is 13.5. The average Bonchev–Trinajstić information content (AvgIpc) is 2.63. The topological polar surface area (TPSA) is 41.5 Å². The van der Waals surface area contributed by atoms with Crippen LogP contribution in [0.5, 0.6) is 0 Å². The summed E-state index contributed by atoms with van der Waals surface area (Å²) in [6.07, 6.45) is 3.50. The van der Waals surface area contributed by atoms with E-state index in [9.17, 15) is 13.6 Å². The molecule has 0 atom stereocenters. The summed E-state index contributed by atoms with van der Waals surface area (Å²) in [5.41, 5.74) is 4.20. The molecule has 1 aliphatic carbocycles. The summed E-state index contributed by atoms with van der Waals surface area (Å²) < 4.78 is 26.7. The molecule has 2 aromatic rings. The van der Waals surface area contributed by atoms with Crippen LogP contribution in [0.2, 0.25) is 0 Å². The Balaban J connectivity index is 1.58. The predicted octanol–water partition coefficient (Wildman–Crippen LogP) is 4.41. The molecule has 0 bridgehead atoms. The number of rotatable bonds is 3. The molecule has 24 heavy (non-hydrogen) atoms. The van der Waals surface area contributed by atoms with Crippen molar-refractivity contribution in [2.75, 3.05) is 0 Å². The van der Waals surface area contributed by atoms with Gasteiger partial charge >= 0.3 is 0 Å². The molecule has 3 nitrogen and oxygen atoms in total. The zero-order valence-corrected chi connectivity index (χ0v) is 13.1. The Morgan fingerprint density at radius 2 is 1.75 bits per heavy atom. The number of hydrazone groups is 1. The molecule has 1 amide bonds. The fourth-order valence-corrected chi connectivity index (χ4v) is 2.98. The van der Waals surface area contributed by atoms with E-state index in [0.29, 0.717) is 5.92 Å². The van der Waals surface area contributed by atoms with E-state index in [1.807, 2.05) is 18.2 Å². The van der Waals surface area contributed by atoms with E-state index in [0.717, 1.165) is 49.6 Å². The summed E-state index contributed by atoms with van der Waals surface area (Å²) in [4.78, 5) is 11.9. The molecule has 0 radical (unpaired) electrons. The van der Waals surface area contributed by atoms with Crippen molar-refractivity contribution in [3.63, 3.8) is 0 Å². The number of halogens is 2. The lowest BCUT2D eigenvalue weighted by Crippen LogP contribution is -2.23. The number of carbonyl (C=O) groups is 1. The lowest BCUT2D eigenvalue weighted by molar-refractivity contribution is 0.0950. The third kappa shape index (κ3) is 3.85. The minimum atomic E-state index is -0.762. The number of carbonyl (C=O) groups excluding carboxylic acids is 1. The van der Waals surface area contributed by atoms with Gasteiger partial charge in [0.2, 0.25) is 0 Å². The Labute approximate surface area is 139 Å². The van der Waals surface area contributed by atoms with Crippen LogP contribution in [0.4, 0.5) is 8.78 Å². The number of hydrogen-bond donors (Lipinski definition) is 1. The fraction of sp³-hybridized carbons (Fsp3) is 0.263. The molecule has 1 saturated carbocycles. The van der Waals surface area contributed by atoms with Crippen LogP contribution < -0.4 is 5.43 Å². The smallest absolute Gasteiger partial charge is 0.267 e. The highest BCUT2D eigenvalue weighted by atomic mass is 19.1. The molecule has 3 rings (SSSR count). The molecule has 1 fully saturated rings. The normalized spacial score (nSPS) is 17.4. The first kappa shape index (κ1) is 16.3. The lowest BCUT2D eigenvalue weighted by atomic mass is 9.83. The number of amides is 1. The third-order valence-electron chi connectivity index (χ3n) is 4.32. The van der Waals surface area contributed by atoms with E-state index < -0.39 is 17.5 Å². The maximum Gasteiger partial charge on any atom is 0.274 e. The van der Waals surface area contributed by atoms with Crippen molar-refractivity contribution in [2.45, 2.75) is 31.6 Å². The van der Waals surface area contributed by atoms with Crippen LogP contribution in [0.3, 0.4) is 0 Å². The van der Waals surface area contributed by atoms with E-state index in [4.69, 9.17) is 0 Å². The molecular formula is C19H18F2N2O. The van der Waals surface area contributed by atoms with E-state index >= 15 is 0 Å². The van der Waals surface area contributed by atoms with Gasteiger partial charge in [0.05, 0.1) is 5.56 Å². The summed E-state index contributed by atoms with van der Waals surface area (Å²) in [6, 6.07) is 13.1. The minimum Gasteiger partial charge on any atom is -0.267 e. The molecule has 1 aliphatic rings. The van der Waals surface area contributed by atoms with Crippen molar-refractivity contribution < 1.29 is 13.6 Å². The lowest BCUT2D eigenvalue weighted by Gasteiger charge is -2.23. The largest absolute Gasteiger partial charge is 0.274 e. The van der Waals surface area contributed by atoms with Crippen molar-refractivity contribution in [3.8, 4) is 0 Å². The summed E-state index contributed by atoms with van der Waals surface area (Å²) in [7, 11) is 0. The SMILES string of the molecule is O=C(NN=C1CCC(c2ccccc2)CC1)c1cc(F)ccc1F. The van der Waals surface area contributed by atoms with Gasteiger partial charge in [0, 0.05) is 5.71 Å². The third-order valence-corrected chi connectivity index (χ3v) is 4.32. The first-order chi connectivity index (χ1) is 11.6. The highest BCUT2D eigenvalue weighted by Gasteiger charge is 2.19. The first-order valence-electron chi connectivity index (χ1n) is 7.99. The van der Waals surface area contributed by atoms with Crippen LogP contribution in [0, 0.1) is 11.6 Å². The summed E-state index contributed by atoms with van der Waals surface area (Å²) in [5, 5.41) is 4.09. The predicted molar refractivity (Wildman–Crippen MR) is 88.9 cm³/mol. The number of nitrogens with one attached hydrogen (secondary N) is 1. The molecule has 0 heterocycles. The van der Waals surface area contributed by atoms with Crippen LogP contribution in [0.1, 0.15) is 47.5 Å². The van der Waals surface area contributed by atoms with Crippen LogP contribution in [0.25, 0.3) is 0 Å². The highest BCUT2D eigenvalue weighted by Crippen LogP contribution is 2.31. The zero-order chi connectivity index (χ0) is 16.9. The van der Waals surface area contributed by atoms with Gasteiger partial charge in [0.25, 0.3) is 5.91 Å². The van der Waals surface area contributed by atoms with Gasteiger partial charge in [-0.05, 0) is 55.4 Å². The van der Waals surface area contributed by atoms with Gasteiger partial charge in [-0.15, -0.1) is 0 Å². The molecule has 0 aliphatic heterocycles. The standard InChI is InChI=1S/C19H18F2N2O/c20-15-8-11-18(21)17(12-15)19(24)23-22-16-9-6-14(7-10-16)13-4-2-1-3-5-13/h1-5,8,11-12,14H,6-7,9-10H2,(H,23,24). The Kier molecular flexibility index (Phi) is 4.99. The van der Waals surface area contributed by atoms with Crippen LogP contribution in [-0.2, 0) is 0 Å². The Morgan fingerprint density at radius 3 is 2.46 bits per heavy atom. The molecule has 2 aromatic carbocycles. The molecule has 0 aromatic heterocycles. The number of hydrogen-bond acceptors (Lipinski definition) is 2. The highest BCUT2D eigenvalue weighted by molar-refractivity contribution is 5.95. The van der Waals surface area contributed by atoms with Gasteiger partial charge < -0.3 is 0 Å². The van der Waals surface area contributed by atoms with E-state index in [-0.39, 0.29) is 5.56 Å². The van der Waals surface area contributed by atoms with Crippen molar-refractivity contribution in [3.05, 3.63) is 71.3 Å². The van der Waals surface area contributed by atoms with Gasteiger partial charge in [0.15, 0.2) is 0 Å². The Bertz CT molecular complexity index is 749. The van der Waals surface area contributed by atoms with Gasteiger partial charge in [-0.1, -0.05) is 30.3 Å². The summed E-state index contributed by atoms with van der Waals surface area (Å²) in [6.45, 7) is 0. The number of benzene rings is 2. The minimum absolute atomic E-state index is 0.336.